The van der Waals surface area contributed by atoms with Gasteiger partial charge in [-0.2, -0.15) is 0 Å². The van der Waals surface area contributed by atoms with Gasteiger partial charge in [-0.05, 0) is 48.6 Å². The summed E-state index contributed by atoms with van der Waals surface area (Å²) in [6.07, 6.45) is 0.373. The minimum Gasteiger partial charge on any atom is -0.493 e. The van der Waals surface area contributed by atoms with E-state index in [-0.39, 0.29) is 5.91 Å². The summed E-state index contributed by atoms with van der Waals surface area (Å²) in [4.78, 5) is 12.8. The van der Waals surface area contributed by atoms with Crippen molar-refractivity contribution in [1.82, 2.24) is 5.32 Å². The van der Waals surface area contributed by atoms with Gasteiger partial charge in [-0.15, -0.1) is 11.3 Å². The van der Waals surface area contributed by atoms with Crippen molar-refractivity contribution in [3.63, 3.8) is 0 Å². The number of aryl methyl sites for hydroxylation is 2. The Labute approximate surface area is 123 Å². The number of nitrogens with one attached hydrogen (secondary N) is 1. The van der Waals surface area contributed by atoms with Gasteiger partial charge >= 0.3 is 0 Å². The molecule has 4 heteroatoms. The number of benzene rings is 1. The van der Waals surface area contributed by atoms with Gasteiger partial charge in [0.15, 0.2) is 0 Å². The highest BCUT2D eigenvalue weighted by atomic mass is 32.1. The van der Waals surface area contributed by atoms with Crippen molar-refractivity contribution in [1.29, 1.82) is 0 Å². The van der Waals surface area contributed by atoms with E-state index in [1.54, 1.807) is 11.3 Å². The lowest BCUT2D eigenvalue weighted by atomic mass is 10.1. The normalized spacial score (nSPS) is 10.3. The molecule has 1 heterocycles. The molecular weight excluding hydrogens is 270 g/mol. The van der Waals surface area contributed by atoms with Crippen LogP contribution in [0, 0.1) is 13.8 Å². The predicted octanol–water partition coefficient (Wildman–Crippen LogP) is 3.45. The second kappa shape index (κ2) is 7.10. The van der Waals surface area contributed by atoms with Crippen LogP contribution in [0.15, 0.2) is 35.7 Å². The average Bonchev–Trinajstić information content (AvgIpc) is 2.88. The van der Waals surface area contributed by atoms with Gasteiger partial charge in [-0.1, -0.05) is 12.1 Å². The number of carbonyl (C=O) groups is 1. The number of hydrogen-bond donors (Lipinski definition) is 1. The van der Waals surface area contributed by atoms with Crippen LogP contribution in [-0.4, -0.2) is 12.5 Å². The third-order valence-electron chi connectivity index (χ3n) is 2.83. The summed E-state index contributed by atoms with van der Waals surface area (Å²) in [5.74, 6) is 0.844. The fourth-order valence-corrected chi connectivity index (χ4v) is 2.61. The van der Waals surface area contributed by atoms with E-state index in [1.807, 2.05) is 43.5 Å². The van der Waals surface area contributed by atoms with Crippen LogP contribution in [0.1, 0.15) is 22.4 Å². The summed E-state index contributed by atoms with van der Waals surface area (Å²) in [5.41, 5.74) is 2.34. The first-order chi connectivity index (χ1) is 9.63. The van der Waals surface area contributed by atoms with E-state index in [0.717, 1.165) is 10.6 Å². The van der Waals surface area contributed by atoms with Crippen molar-refractivity contribution in [2.45, 2.75) is 26.8 Å². The zero-order valence-electron chi connectivity index (χ0n) is 11.8. The highest BCUT2D eigenvalue weighted by Crippen LogP contribution is 2.16. The first-order valence-electron chi connectivity index (χ1n) is 6.63. The van der Waals surface area contributed by atoms with Gasteiger partial charge in [0.05, 0.1) is 19.6 Å². The van der Waals surface area contributed by atoms with E-state index >= 15 is 0 Å². The van der Waals surface area contributed by atoms with E-state index in [2.05, 4.69) is 11.4 Å². The number of amides is 1. The molecule has 0 aliphatic carbocycles. The molecule has 0 aliphatic rings. The molecule has 0 fully saturated rings. The van der Waals surface area contributed by atoms with Crippen LogP contribution >= 0.6 is 11.3 Å². The molecule has 0 saturated heterocycles. The number of ether oxygens (including phenoxy) is 1. The third kappa shape index (κ3) is 4.70. The topological polar surface area (TPSA) is 38.3 Å². The second-order valence-corrected chi connectivity index (χ2v) is 5.81. The van der Waals surface area contributed by atoms with Crippen molar-refractivity contribution >= 4 is 17.2 Å². The molecule has 1 aromatic carbocycles. The zero-order valence-corrected chi connectivity index (χ0v) is 12.6. The molecule has 106 valence electrons. The molecule has 0 bridgehead atoms. The zero-order chi connectivity index (χ0) is 14.4. The van der Waals surface area contributed by atoms with Gasteiger partial charge in [0.25, 0.3) is 0 Å². The Morgan fingerprint density at radius 3 is 2.65 bits per heavy atom. The lowest BCUT2D eigenvalue weighted by molar-refractivity contribution is -0.121. The molecule has 3 nitrogen and oxygen atoms in total. The Morgan fingerprint density at radius 1 is 1.25 bits per heavy atom. The van der Waals surface area contributed by atoms with Gasteiger partial charge in [0.2, 0.25) is 5.91 Å². The largest absolute Gasteiger partial charge is 0.493 e. The third-order valence-corrected chi connectivity index (χ3v) is 3.71. The molecule has 1 amide bonds. The summed E-state index contributed by atoms with van der Waals surface area (Å²) in [6, 6.07) is 10.1. The summed E-state index contributed by atoms with van der Waals surface area (Å²) in [5, 5.41) is 4.89. The minimum atomic E-state index is 0.0165. The SMILES string of the molecule is Cc1cc(C)cc(OCCC(=O)NCc2cccs2)c1. The Bertz CT molecular complexity index is 544. The number of rotatable bonds is 6. The molecule has 0 radical (unpaired) electrons. The molecule has 2 aromatic rings. The fraction of sp³-hybridized carbons (Fsp3) is 0.312. The Balaban J connectivity index is 1.71. The van der Waals surface area contributed by atoms with Crippen molar-refractivity contribution in [2.75, 3.05) is 6.61 Å². The van der Waals surface area contributed by atoms with E-state index in [9.17, 15) is 4.79 Å². The maximum absolute atomic E-state index is 11.7. The van der Waals surface area contributed by atoms with E-state index in [4.69, 9.17) is 4.74 Å². The van der Waals surface area contributed by atoms with Gasteiger partial charge in [-0.25, -0.2) is 0 Å². The molecule has 0 aliphatic heterocycles. The standard InChI is InChI=1S/C16H19NO2S/c1-12-8-13(2)10-14(9-12)19-6-5-16(18)17-11-15-4-3-7-20-15/h3-4,7-10H,5-6,11H2,1-2H3,(H,17,18). The molecule has 1 aromatic heterocycles. The highest BCUT2D eigenvalue weighted by Gasteiger charge is 2.03. The summed E-state index contributed by atoms with van der Waals surface area (Å²) in [6.45, 7) is 5.07. The maximum Gasteiger partial charge on any atom is 0.223 e. The molecule has 0 atom stereocenters. The minimum absolute atomic E-state index is 0.0165. The summed E-state index contributed by atoms with van der Waals surface area (Å²) in [7, 11) is 0. The van der Waals surface area contributed by atoms with Crippen molar-refractivity contribution in [3.8, 4) is 5.75 Å². The molecule has 20 heavy (non-hydrogen) atoms. The highest BCUT2D eigenvalue weighted by molar-refractivity contribution is 7.09. The lowest BCUT2D eigenvalue weighted by Crippen LogP contribution is -2.24. The summed E-state index contributed by atoms with van der Waals surface area (Å²) < 4.78 is 5.62. The Kier molecular flexibility index (Phi) is 5.18. The van der Waals surface area contributed by atoms with Crippen LogP contribution in [0.25, 0.3) is 0 Å². The first kappa shape index (κ1) is 14.6. The predicted molar refractivity (Wildman–Crippen MR) is 82.2 cm³/mol. The Hall–Kier alpha value is -1.81. The lowest BCUT2D eigenvalue weighted by Gasteiger charge is -2.08. The van der Waals surface area contributed by atoms with E-state index in [0.29, 0.717) is 19.6 Å². The van der Waals surface area contributed by atoms with Gasteiger partial charge in [0, 0.05) is 4.88 Å². The van der Waals surface area contributed by atoms with Crippen LogP contribution in [0.4, 0.5) is 0 Å². The van der Waals surface area contributed by atoms with Gasteiger partial charge < -0.3 is 10.1 Å². The maximum atomic E-state index is 11.7. The van der Waals surface area contributed by atoms with E-state index < -0.39 is 0 Å². The number of carbonyl (C=O) groups excluding carboxylic acids is 1. The molecule has 1 N–H and O–H groups in total. The number of hydrogen-bond acceptors (Lipinski definition) is 3. The molecule has 2 rings (SSSR count). The molecule has 0 unspecified atom stereocenters. The second-order valence-electron chi connectivity index (χ2n) is 4.78. The first-order valence-corrected chi connectivity index (χ1v) is 7.51. The fourth-order valence-electron chi connectivity index (χ4n) is 1.97. The Morgan fingerprint density at radius 2 is 2.00 bits per heavy atom. The molecule has 0 saturated carbocycles. The van der Waals surface area contributed by atoms with Crippen LogP contribution < -0.4 is 10.1 Å². The molecular formula is C16H19NO2S. The molecule has 0 spiro atoms. The van der Waals surface area contributed by atoms with Gasteiger partial charge in [-0.3, -0.25) is 4.79 Å². The van der Waals surface area contributed by atoms with Crippen molar-refractivity contribution < 1.29 is 9.53 Å². The van der Waals surface area contributed by atoms with Crippen LogP contribution in [0.3, 0.4) is 0 Å². The smallest absolute Gasteiger partial charge is 0.223 e. The summed E-state index contributed by atoms with van der Waals surface area (Å²) >= 11 is 1.64. The van der Waals surface area contributed by atoms with Crippen LogP contribution in [-0.2, 0) is 11.3 Å². The monoisotopic (exact) mass is 289 g/mol. The van der Waals surface area contributed by atoms with Crippen LogP contribution in [0.5, 0.6) is 5.75 Å². The number of thiophene rings is 1. The van der Waals surface area contributed by atoms with Crippen molar-refractivity contribution in [2.24, 2.45) is 0 Å². The van der Waals surface area contributed by atoms with E-state index in [1.165, 1.54) is 11.1 Å². The van der Waals surface area contributed by atoms with Crippen molar-refractivity contribution in [3.05, 3.63) is 51.7 Å². The van der Waals surface area contributed by atoms with Gasteiger partial charge in [0.1, 0.15) is 5.75 Å². The quantitative estimate of drug-likeness (QED) is 0.884. The average molecular weight is 289 g/mol. The van der Waals surface area contributed by atoms with Crippen LogP contribution in [0.2, 0.25) is 0 Å².